The molecule has 0 aromatic heterocycles. The van der Waals surface area contributed by atoms with Gasteiger partial charge in [-0.15, -0.1) is 0 Å². The van der Waals surface area contributed by atoms with Crippen molar-refractivity contribution in [3.05, 3.63) is 32.7 Å². The molecule has 0 spiro atoms. The van der Waals surface area contributed by atoms with Gasteiger partial charge in [0.25, 0.3) is 0 Å². The quantitative estimate of drug-likeness (QED) is 0.742. The average molecular weight is 418 g/mol. The molecule has 0 amide bonds. The van der Waals surface area contributed by atoms with E-state index in [0.717, 1.165) is 15.5 Å². The Kier molecular flexibility index (Phi) is 6.73. The van der Waals surface area contributed by atoms with Crippen molar-refractivity contribution in [1.29, 1.82) is 0 Å². The van der Waals surface area contributed by atoms with Crippen LogP contribution in [-0.4, -0.2) is 31.1 Å². The SMILES string of the molecule is CNCC1CCCCN(C(C)C)C1c1ccc(Br)c(Br)c1. The van der Waals surface area contributed by atoms with Crippen LogP contribution in [0, 0.1) is 5.92 Å². The number of rotatable bonds is 4. The number of hydrogen-bond acceptors (Lipinski definition) is 2. The highest BCUT2D eigenvalue weighted by atomic mass is 79.9. The Morgan fingerprint density at radius 2 is 2.00 bits per heavy atom. The van der Waals surface area contributed by atoms with E-state index in [4.69, 9.17) is 0 Å². The minimum atomic E-state index is 0.504. The Morgan fingerprint density at radius 3 is 2.62 bits per heavy atom. The maximum atomic E-state index is 3.67. The molecule has 21 heavy (non-hydrogen) atoms. The Morgan fingerprint density at radius 1 is 1.24 bits per heavy atom. The summed E-state index contributed by atoms with van der Waals surface area (Å²) in [6.07, 6.45) is 3.96. The van der Waals surface area contributed by atoms with E-state index in [1.165, 1.54) is 31.4 Å². The van der Waals surface area contributed by atoms with Gasteiger partial charge in [-0.05, 0) is 102 Å². The molecule has 0 radical (unpaired) electrons. The summed E-state index contributed by atoms with van der Waals surface area (Å²) in [6, 6.07) is 7.82. The minimum absolute atomic E-state index is 0.504. The summed E-state index contributed by atoms with van der Waals surface area (Å²) >= 11 is 7.25. The van der Waals surface area contributed by atoms with E-state index in [0.29, 0.717) is 18.0 Å². The van der Waals surface area contributed by atoms with Crippen LogP contribution in [0.1, 0.15) is 44.7 Å². The van der Waals surface area contributed by atoms with Crippen LogP contribution in [0.4, 0.5) is 0 Å². The van der Waals surface area contributed by atoms with Crippen LogP contribution in [0.2, 0.25) is 0 Å². The van der Waals surface area contributed by atoms with Gasteiger partial charge >= 0.3 is 0 Å². The fourth-order valence-electron chi connectivity index (χ4n) is 3.48. The zero-order valence-electron chi connectivity index (χ0n) is 13.2. The zero-order valence-corrected chi connectivity index (χ0v) is 16.4. The van der Waals surface area contributed by atoms with Gasteiger partial charge < -0.3 is 5.32 Å². The van der Waals surface area contributed by atoms with Gasteiger partial charge in [0.15, 0.2) is 0 Å². The van der Waals surface area contributed by atoms with Crippen LogP contribution >= 0.6 is 31.9 Å². The van der Waals surface area contributed by atoms with Crippen molar-refractivity contribution in [1.82, 2.24) is 10.2 Å². The summed E-state index contributed by atoms with van der Waals surface area (Å²) in [5, 5.41) is 3.40. The molecule has 2 unspecified atom stereocenters. The third-order valence-corrected chi connectivity index (χ3v) is 6.34. The molecule has 1 aliphatic rings. The van der Waals surface area contributed by atoms with E-state index in [1.54, 1.807) is 0 Å². The van der Waals surface area contributed by atoms with Gasteiger partial charge in [0.1, 0.15) is 0 Å². The van der Waals surface area contributed by atoms with Crippen LogP contribution in [0.3, 0.4) is 0 Å². The second-order valence-electron chi connectivity index (χ2n) is 6.26. The normalized spacial score (nSPS) is 24.3. The second-order valence-corrected chi connectivity index (χ2v) is 7.97. The topological polar surface area (TPSA) is 15.3 Å². The summed E-state index contributed by atoms with van der Waals surface area (Å²) in [5.74, 6) is 0.674. The predicted octanol–water partition coefficient (Wildman–Crippen LogP) is 4.98. The summed E-state index contributed by atoms with van der Waals surface area (Å²) in [7, 11) is 2.07. The lowest BCUT2D eigenvalue weighted by Gasteiger charge is -2.38. The lowest BCUT2D eigenvalue weighted by Crippen LogP contribution is -2.40. The highest BCUT2D eigenvalue weighted by Crippen LogP contribution is 2.38. The van der Waals surface area contributed by atoms with Crippen LogP contribution in [0.25, 0.3) is 0 Å². The summed E-state index contributed by atoms with van der Waals surface area (Å²) in [5.41, 5.74) is 1.43. The molecule has 0 saturated carbocycles. The fourth-order valence-corrected chi connectivity index (χ4v) is 4.13. The largest absolute Gasteiger partial charge is 0.319 e. The molecule has 118 valence electrons. The van der Waals surface area contributed by atoms with Gasteiger partial charge in [0.05, 0.1) is 0 Å². The first-order valence-corrected chi connectivity index (χ1v) is 9.48. The van der Waals surface area contributed by atoms with Gasteiger partial charge in [-0.1, -0.05) is 12.5 Å². The molecule has 1 heterocycles. The fraction of sp³-hybridized carbons (Fsp3) is 0.647. The molecule has 1 aliphatic heterocycles. The summed E-state index contributed by atoms with van der Waals surface area (Å²) in [6.45, 7) is 6.93. The first-order chi connectivity index (χ1) is 10.0. The third-order valence-electron chi connectivity index (χ3n) is 4.46. The summed E-state index contributed by atoms with van der Waals surface area (Å²) < 4.78 is 2.28. The molecule has 2 nitrogen and oxygen atoms in total. The first-order valence-electron chi connectivity index (χ1n) is 7.90. The first kappa shape index (κ1) is 17.5. The molecule has 0 aliphatic carbocycles. The molecule has 1 aromatic carbocycles. The molecule has 2 rings (SSSR count). The molecule has 0 bridgehead atoms. The Bertz CT molecular complexity index is 462. The molecular weight excluding hydrogens is 392 g/mol. The number of nitrogens with zero attached hydrogens (tertiary/aromatic N) is 1. The maximum absolute atomic E-state index is 3.67. The minimum Gasteiger partial charge on any atom is -0.319 e. The Balaban J connectivity index is 2.39. The van der Waals surface area contributed by atoms with Crippen LogP contribution in [0.5, 0.6) is 0 Å². The highest BCUT2D eigenvalue weighted by Gasteiger charge is 2.32. The molecular formula is C17H26Br2N2. The van der Waals surface area contributed by atoms with Crippen LogP contribution in [0.15, 0.2) is 27.1 Å². The van der Waals surface area contributed by atoms with E-state index in [1.807, 2.05) is 0 Å². The number of halogens is 2. The molecule has 1 fully saturated rings. The van der Waals surface area contributed by atoms with E-state index in [9.17, 15) is 0 Å². The third kappa shape index (κ3) is 4.31. The van der Waals surface area contributed by atoms with Crippen molar-refractivity contribution in [2.24, 2.45) is 5.92 Å². The van der Waals surface area contributed by atoms with Crippen molar-refractivity contribution in [2.45, 2.75) is 45.2 Å². The monoisotopic (exact) mass is 416 g/mol. The van der Waals surface area contributed by atoms with E-state index in [-0.39, 0.29) is 0 Å². The van der Waals surface area contributed by atoms with Gasteiger partial charge in [0.2, 0.25) is 0 Å². The maximum Gasteiger partial charge on any atom is 0.0391 e. The van der Waals surface area contributed by atoms with Gasteiger partial charge in [-0.3, -0.25) is 4.90 Å². The van der Waals surface area contributed by atoms with Crippen molar-refractivity contribution < 1.29 is 0 Å². The molecule has 1 N–H and O–H groups in total. The highest BCUT2D eigenvalue weighted by molar-refractivity contribution is 9.13. The van der Waals surface area contributed by atoms with Crippen molar-refractivity contribution in [3.8, 4) is 0 Å². The molecule has 4 heteroatoms. The number of likely N-dealkylation sites (tertiary alicyclic amines) is 1. The number of hydrogen-bond donors (Lipinski definition) is 1. The van der Waals surface area contributed by atoms with Crippen LogP contribution < -0.4 is 5.32 Å². The van der Waals surface area contributed by atoms with E-state index < -0.39 is 0 Å². The van der Waals surface area contributed by atoms with Gasteiger partial charge in [-0.25, -0.2) is 0 Å². The lowest BCUT2D eigenvalue weighted by atomic mass is 9.88. The second kappa shape index (κ2) is 8.09. The standard InChI is InChI=1S/C17H26Br2N2/c1-12(2)21-9-5-4-6-14(11-20-3)17(21)13-7-8-15(18)16(19)10-13/h7-8,10,12,14,17,20H,4-6,9,11H2,1-3H3. The summed E-state index contributed by atoms with van der Waals surface area (Å²) in [4.78, 5) is 2.69. The van der Waals surface area contributed by atoms with E-state index >= 15 is 0 Å². The predicted molar refractivity (Wildman–Crippen MR) is 97.7 cm³/mol. The number of nitrogens with one attached hydrogen (secondary N) is 1. The molecule has 2 atom stereocenters. The van der Waals surface area contributed by atoms with Crippen LogP contribution in [-0.2, 0) is 0 Å². The zero-order chi connectivity index (χ0) is 15.4. The van der Waals surface area contributed by atoms with Gasteiger partial charge in [-0.2, -0.15) is 0 Å². The van der Waals surface area contributed by atoms with Crippen molar-refractivity contribution in [2.75, 3.05) is 20.1 Å². The lowest BCUT2D eigenvalue weighted by molar-refractivity contribution is 0.118. The van der Waals surface area contributed by atoms with Crippen molar-refractivity contribution in [3.63, 3.8) is 0 Å². The average Bonchev–Trinajstić information content (AvgIpc) is 2.65. The molecule has 1 saturated heterocycles. The Hall–Kier alpha value is 0.1000. The van der Waals surface area contributed by atoms with Crippen molar-refractivity contribution >= 4 is 31.9 Å². The van der Waals surface area contributed by atoms with Gasteiger partial charge in [0, 0.05) is 21.0 Å². The number of benzene rings is 1. The Labute approximate surface area is 145 Å². The molecule has 1 aromatic rings. The smallest absolute Gasteiger partial charge is 0.0391 e. The van der Waals surface area contributed by atoms with E-state index in [2.05, 4.69) is 81.2 Å².